The second-order valence-electron chi connectivity index (χ2n) is 4.92. The van der Waals surface area contributed by atoms with Crippen LogP contribution in [0.15, 0.2) is 12.7 Å². The van der Waals surface area contributed by atoms with Gasteiger partial charge in [0.05, 0.1) is 12.9 Å². The quantitative estimate of drug-likeness (QED) is 0.390. The monoisotopic (exact) mass is 347 g/mol. The Kier molecular flexibility index (Phi) is 4.06. The third-order valence-electron chi connectivity index (χ3n) is 3.41. The summed E-state index contributed by atoms with van der Waals surface area (Å²) < 4.78 is 21.8. The average Bonchev–Trinajstić information content (AvgIpc) is 3.01. The van der Waals surface area contributed by atoms with Gasteiger partial charge in [0.1, 0.15) is 30.2 Å². The van der Waals surface area contributed by atoms with Crippen LogP contribution in [-0.4, -0.2) is 64.4 Å². The van der Waals surface area contributed by atoms with Crippen molar-refractivity contribution in [1.82, 2.24) is 19.5 Å². The van der Waals surface area contributed by atoms with Gasteiger partial charge in [0.2, 0.25) is 0 Å². The van der Waals surface area contributed by atoms with Gasteiger partial charge in [-0.25, -0.2) is 19.5 Å². The summed E-state index contributed by atoms with van der Waals surface area (Å²) >= 11 is 0. The molecule has 2 aromatic rings. The number of hydrogen-bond donors (Lipinski definition) is 5. The van der Waals surface area contributed by atoms with Crippen molar-refractivity contribution in [3.8, 4) is 0 Å². The number of aliphatic hydroxyl groups excluding tert-OH is 2. The third-order valence-corrected chi connectivity index (χ3v) is 3.89. The molecule has 1 aliphatic rings. The number of aromatic nitrogens is 4. The van der Waals surface area contributed by atoms with E-state index >= 15 is 0 Å². The molecule has 2 aromatic heterocycles. The summed E-state index contributed by atoms with van der Waals surface area (Å²) in [4.78, 5) is 29.2. The summed E-state index contributed by atoms with van der Waals surface area (Å²) in [6.45, 7) is -0.594. The number of anilines is 1. The van der Waals surface area contributed by atoms with Gasteiger partial charge in [0.25, 0.3) is 0 Å². The number of phosphoric acid groups is 1. The van der Waals surface area contributed by atoms with Gasteiger partial charge in [-0.3, -0.25) is 9.09 Å². The van der Waals surface area contributed by atoms with Gasteiger partial charge in [0, 0.05) is 0 Å². The maximum atomic E-state index is 10.7. The predicted molar refractivity (Wildman–Crippen MR) is 73.7 cm³/mol. The summed E-state index contributed by atoms with van der Waals surface area (Å²) in [5.74, 6) is 0.142. The fourth-order valence-corrected chi connectivity index (χ4v) is 2.66. The number of fused-ring (bicyclic) bond motifs is 1. The molecule has 4 atom stereocenters. The van der Waals surface area contributed by atoms with Gasteiger partial charge >= 0.3 is 7.82 Å². The number of aliphatic hydroxyl groups is 2. The van der Waals surface area contributed by atoms with Crippen molar-refractivity contribution in [2.75, 3.05) is 12.3 Å². The molecular formula is C10H14N5O7P. The molecule has 6 N–H and O–H groups in total. The maximum absolute atomic E-state index is 10.7. The smallest absolute Gasteiger partial charge is 0.387 e. The van der Waals surface area contributed by atoms with Crippen molar-refractivity contribution in [2.24, 2.45) is 0 Å². The molecule has 1 fully saturated rings. The molecule has 0 spiro atoms. The van der Waals surface area contributed by atoms with E-state index in [1.54, 1.807) is 0 Å². The second-order valence-corrected chi connectivity index (χ2v) is 6.15. The first-order chi connectivity index (χ1) is 10.8. The molecule has 0 amide bonds. The fourth-order valence-electron chi connectivity index (χ4n) is 2.32. The number of imidazole rings is 1. The average molecular weight is 347 g/mol. The molecule has 3 heterocycles. The highest BCUT2D eigenvalue weighted by Crippen LogP contribution is 2.38. The first-order valence-electron chi connectivity index (χ1n) is 6.42. The molecule has 1 saturated heterocycles. The number of ether oxygens (including phenoxy) is 1. The molecular weight excluding hydrogens is 333 g/mol. The van der Waals surface area contributed by atoms with Crippen LogP contribution in [0.5, 0.6) is 0 Å². The highest BCUT2D eigenvalue weighted by atomic mass is 31.2. The molecule has 1 aliphatic heterocycles. The highest BCUT2D eigenvalue weighted by Gasteiger charge is 2.45. The minimum absolute atomic E-state index is 0.142. The fraction of sp³-hybridized carbons (Fsp3) is 0.500. The zero-order valence-corrected chi connectivity index (χ0v) is 12.4. The highest BCUT2D eigenvalue weighted by molar-refractivity contribution is 7.46. The van der Waals surface area contributed by atoms with Crippen LogP contribution in [0.2, 0.25) is 0 Å². The Hall–Kier alpha value is -1.66. The van der Waals surface area contributed by atoms with Crippen LogP contribution in [0.1, 0.15) is 6.23 Å². The topological polar surface area (TPSA) is 186 Å². The number of rotatable bonds is 4. The normalized spacial score (nSPS) is 28.5. The van der Waals surface area contributed by atoms with Crippen LogP contribution >= 0.6 is 7.82 Å². The second kappa shape index (κ2) is 5.76. The van der Waals surface area contributed by atoms with Crippen molar-refractivity contribution < 1.29 is 33.8 Å². The summed E-state index contributed by atoms with van der Waals surface area (Å²) in [7, 11) is -4.72. The van der Waals surface area contributed by atoms with E-state index in [1.165, 1.54) is 17.2 Å². The number of nitrogens with two attached hydrogens (primary N) is 1. The van der Waals surface area contributed by atoms with E-state index in [4.69, 9.17) is 20.3 Å². The third kappa shape index (κ3) is 3.05. The molecule has 12 nitrogen and oxygen atoms in total. The lowest BCUT2D eigenvalue weighted by atomic mass is 10.1. The Morgan fingerprint density at radius 3 is 2.74 bits per heavy atom. The van der Waals surface area contributed by atoms with E-state index in [9.17, 15) is 14.8 Å². The van der Waals surface area contributed by atoms with E-state index < -0.39 is 39.0 Å². The van der Waals surface area contributed by atoms with Crippen molar-refractivity contribution in [3.63, 3.8) is 0 Å². The summed E-state index contributed by atoms with van der Waals surface area (Å²) in [5, 5.41) is 20.1. The lowest BCUT2D eigenvalue weighted by Gasteiger charge is -2.16. The molecule has 3 rings (SSSR count). The van der Waals surface area contributed by atoms with Crippen LogP contribution in [0.4, 0.5) is 5.82 Å². The largest absolute Gasteiger partial charge is 0.469 e. The van der Waals surface area contributed by atoms with Crippen LogP contribution in [0.25, 0.3) is 11.2 Å². The van der Waals surface area contributed by atoms with Gasteiger partial charge < -0.3 is 30.5 Å². The van der Waals surface area contributed by atoms with E-state index in [2.05, 4.69) is 19.5 Å². The first kappa shape index (κ1) is 16.2. The predicted octanol–water partition coefficient (Wildman–Crippen LogP) is -1.86. The standard InChI is InChI=1S/C10H14N5O7P/c11-8-5-9(13-2-12-8)15(3-14-5)10-7(17)6(16)4(22-10)1-21-23(18,19)20/h2-4,6-7,10,16-17H,1H2,(H2,11,12,13)(H2,18,19,20)/t4-,6-,7-,10-/m0/s1. The lowest BCUT2D eigenvalue weighted by Crippen LogP contribution is -2.33. The Balaban J connectivity index is 1.85. The zero-order valence-electron chi connectivity index (χ0n) is 11.5. The summed E-state index contributed by atoms with van der Waals surface area (Å²) in [6.07, 6.45) is -2.49. The lowest BCUT2D eigenvalue weighted by molar-refractivity contribution is -0.0504. The molecule has 13 heteroatoms. The number of phosphoric ester groups is 1. The van der Waals surface area contributed by atoms with Crippen LogP contribution in [0, 0.1) is 0 Å². The summed E-state index contributed by atoms with van der Waals surface area (Å²) in [6, 6.07) is 0. The Morgan fingerprint density at radius 2 is 2.04 bits per heavy atom. The van der Waals surface area contributed by atoms with Crippen LogP contribution in [0.3, 0.4) is 0 Å². The summed E-state index contributed by atoms with van der Waals surface area (Å²) in [5.41, 5.74) is 6.25. The van der Waals surface area contributed by atoms with E-state index in [-0.39, 0.29) is 11.5 Å². The van der Waals surface area contributed by atoms with Gasteiger partial charge in [-0.15, -0.1) is 0 Å². The van der Waals surface area contributed by atoms with Gasteiger partial charge in [-0.1, -0.05) is 0 Å². The number of hydrogen-bond acceptors (Lipinski definition) is 9. The van der Waals surface area contributed by atoms with E-state index in [0.29, 0.717) is 5.52 Å². The Labute approximate surface area is 128 Å². The first-order valence-corrected chi connectivity index (χ1v) is 7.95. The molecule has 126 valence electrons. The SMILES string of the molecule is Nc1ncnc2c1ncn2[C@H]1O[C@@H](COP(=O)(O)O)[C@H](O)[C@@H]1O. The van der Waals surface area contributed by atoms with Gasteiger partial charge in [0.15, 0.2) is 17.7 Å². The van der Waals surface area contributed by atoms with Crippen molar-refractivity contribution in [3.05, 3.63) is 12.7 Å². The van der Waals surface area contributed by atoms with E-state index in [0.717, 1.165) is 0 Å². The minimum atomic E-state index is -4.72. The van der Waals surface area contributed by atoms with Gasteiger partial charge in [-0.05, 0) is 0 Å². The van der Waals surface area contributed by atoms with Gasteiger partial charge in [-0.2, -0.15) is 0 Å². The molecule has 0 aromatic carbocycles. The van der Waals surface area contributed by atoms with Crippen LogP contribution in [-0.2, 0) is 13.8 Å². The van der Waals surface area contributed by atoms with Crippen molar-refractivity contribution >= 4 is 24.8 Å². The zero-order chi connectivity index (χ0) is 16.8. The minimum Gasteiger partial charge on any atom is -0.387 e. The van der Waals surface area contributed by atoms with Crippen molar-refractivity contribution in [1.29, 1.82) is 0 Å². The Morgan fingerprint density at radius 1 is 1.30 bits per heavy atom. The van der Waals surface area contributed by atoms with Crippen LogP contribution < -0.4 is 5.73 Å². The molecule has 0 radical (unpaired) electrons. The van der Waals surface area contributed by atoms with Crippen molar-refractivity contribution in [2.45, 2.75) is 24.5 Å². The number of nitrogens with zero attached hydrogens (tertiary/aromatic N) is 4. The molecule has 0 saturated carbocycles. The molecule has 0 aliphatic carbocycles. The number of nitrogen functional groups attached to an aromatic ring is 1. The molecule has 0 unspecified atom stereocenters. The Bertz CT molecular complexity index is 763. The molecule has 23 heavy (non-hydrogen) atoms. The molecule has 0 bridgehead atoms. The maximum Gasteiger partial charge on any atom is 0.469 e. The van der Waals surface area contributed by atoms with E-state index in [1.807, 2.05) is 0 Å².